The molecule has 0 bridgehead atoms. The molecule has 0 radical (unpaired) electrons. The predicted octanol–water partition coefficient (Wildman–Crippen LogP) is 2.60. The monoisotopic (exact) mass is 348 g/mol. The quantitative estimate of drug-likeness (QED) is 0.789. The zero-order valence-electron chi connectivity index (χ0n) is 16.1. The summed E-state index contributed by atoms with van der Waals surface area (Å²) in [6.07, 6.45) is 1.17. The van der Waals surface area contributed by atoms with Crippen LogP contribution < -0.4 is 9.47 Å². The molecule has 3 rings (SSSR count). The Hall–Kier alpha value is -1.30. The molecule has 1 atom stereocenters. The molecule has 140 valence electrons. The molecule has 0 N–H and O–H groups in total. The lowest BCUT2D eigenvalue weighted by Gasteiger charge is -2.43. The second-order valence-corrected chi connectivity index (χ2v) is 7.74. The van der Waals surface area contributed by atoms with E-state index < -0.39 is 0 Å². The average Bonchev–Trinajstić information content (AvgIpc) is 3.09. The van der Waals surface area contributed by atoms with Crippen molar-refractivity contribution in [2.75, 3.05) is 60.2 Å². The normalized spacial score (nSPS) is 23.0. The second-order valence-electron chi connectivity index (χ2n) is 7.74. The Morgan fingerprint density at radius 2 is 1.88 bits per heavy atom. The number of hydrogen-bond acceptors (Lipinski definition) is 5. The summed E-state index contributed by atoms with van der Waals surface area (Å²) in [6, 6.07) is 6.13. The van der Waals surface area contributed by atoms with Crippen molar-refractivity contribution in [1.82, 2.24) is 9.80 Å². The Balaban J connectivity index is 1.65. The Labute approximate surface area is 151 Å². The lowest BCUT2D eigenvalue weighted by molar-refractivity contribution is -0.0197. The van der Waals surface area contributed by atoms with Crippen molar-refractivity contribution < 1.29 is 14.2 Å². The van der Waals surface area contributed by atoms with Crippen LogP contribution in [0.5, 0.6) is 11.5 Å². The summed E-state index contributed by atoms with van der Waals surface area (Å²) in [6.45, 7) is 11.8. The van der Waals surface area contributed by atoms with Gasteiger partial charge in [0, 0.05) is 43.2 Å². The molecule has 0 aromatic heterocycles. The van der Waals surface area contributed by atoms with Crippen molar-refractivity contribution >= 4 is 0 Å². The molecule has 0 saturated carbocycles. The second kappa shape index (κ2) is 7.94. The van der Waals surface area contributed by atoms with Crippen LogP contribution in [0.2, 0.25) is 0 Å². The molecule has 2 fully saturated rings. The number of rotatable bonds is 6. The minimum Gasteiger partial charge on any atom is -0.497 e. The van der Waals surface area contributed by atoms with Crippen LogP contribution in [0.4, 0.5) is 0 Å². The van der Waals surface area contributed by atoms with Crippen molar-refractivity contribution in [1.29, 1.82) is 0 Å². The summed E-state index contributed by atoms with van der Waals surface area (Å²) in [7, 11) is 3.47. The van der Waals surface area contributed by atoms with Gasteiger partial charge in [-0.25, -0.2) is 0 Å². The molecule has 1 aromatic carbocycles. The van der Waals surface area contributed by atoms with Crippen LogP contribution in [0.25, 0.3) is 0 Å². The highest BCUT2D eigenvalue weighted by molar-refractivity contribution is 5.43. The molecule has 0 unspecified atom stereocenters. The average molecular weight is 348 g/mol. The van der Waals surface area contributed by atoms with E-state index in [0.717, 1.165) is 57.4 Å². The number of hydrogen-bond donors (Lipinski definition) is 0. The first-order valence-electron chi connectivity index (χ1n) is 9.30. The maximum Gasteiger partial charge on any atom is 0.122 e. The molecule has 5 nitrogen and oxygen atoms in total. The fourth-order valence-corrected chi connectivity index (χ4v) is 4.20. The van der Waals surface area contributed by atoms with Gasteiger partial charge in [0.25, 0.3) is 0 Å². The van der Waals surface area contributed by atoms with Gasteiger partial charge in [-0.3, -0.25) is 4.90 Å². The number of benzene rings is 1. The fourth-order valence-electron chi connectivity index (χ4n) is 4.20. The van der Waals surface area contributed by atoms with Crippen LogP contribution in [-0.4, -0.2) is 75.5 Å². The van der Waals surface area contributed by atoms with Crippen LogP contribution in [0.1, 0.15) is 31.7 Å². The van der Waals surface area contributed by atoms with Gasteiger partial charge in [0.15, 0.2) is 0 Å². The van der Waals surface area contributed by atoms with Gasteiger partial charge >= 0.3 is 0 Å². The topological polar surface area (TPSA) is 34.2 Å². The summed E-state index contributed by atoms with van der Waals surface area (Å²) in [5.41, 5.74) is 1.45. The van der Waals surface area contributed by atoms with Gasteiger partial charge in [0.2, 0.25) is 0 Å². The summed E-state index contributed by atoms with van der Waals surface area (Å²) in [5.74, 6) is 2.38. The number of methoxy groups -OCH3 is 2. The van der Waals surface area contributed by atoms with E-state index in [1.165, 1.54) is 12.0 Å². The zero-order valence-corrected chi connectivity index (χ0v) is 16.1. The number of likely N-dealkylation sites (tertiary alicyclic amines) is 1. The molecule has 2 aliphatic rings. The van der Waals surface area contributed by atoms with Gasteiger partial charge in [-0.1, -0.05) is 0 Å². The Kier molecular flexibility index (Phi) is 5.87. The number of ether oxygens (including phenoxy) is 3. The number of morpholine rings is 1. The smallest absolute Gasteiger partial charge is 0.122 e. The van der Waals surface area contributed by atoms with E-state index in [0.29, 0.717) is 5.92 Å². The van der Waals surface area contributed by atoms with E-state index >= 15 is 0 Å². The molecular weight excluding hydrogens is 316 g/mol. The largest absolute Gasteiger partial charge is 0.497 e. The van der Waals surface area contributed by atoms with Gasteiger partial charge in [-0.15, -0.1) is 0 Å². The fraction of sp³-hybridized carbons (Fsp3) is 0.700. The van der Waals surface area contributed by atoms with Crippen molar-refractivity contribution in [3.8, 4) is 11.5 Å². The Morgan fingerprint density at radius 1 is 1.12 bits per heavy atom. The molecule has 0 spiro atoms. The van der Waals surface area contributed by atoms with Crippen molar-refractivity contribution in [2.45, 2.75) is 31.7 Å². The highest BCUT2D eigenvalue weighted by atomic mass is 16.5. The van der Waals surface area contributed by atoms with Crippen LogP contribution in [0, 0.1) is 0 Å². The maximum absolute atomic E-state index is 5.59. The maximum atomic E-state index is 5.59. The summed E-state index contributed by atoms with van der Waals surface area (Å²) in [4.78, 5) is 5.16. The predicted molar refractivity (Wildman–Crippen MR) is 99.8 cm³/mol. The first-order valence-corrected chi connectivity index (χ1v) is 9.30. The van der Waals surface area contributed by atoms with Crippen molar-refractivity contribution in [3.63, 3.8) is 0 Å². The lowest BCUT2D eigenvalue weighted by Crippen LogP contribution is -2.55. The third-order valence-corrected chi connectivity index (χ3v) is 5.63. The molecular formula is C20H32N2O3. The standard InChI is InChI=1S/C20H32N2O3/c1-20(2,22-9-11-25-12-10-22)15-21-8-7-16(14-21)18-13-17(23-3)5-6-19(18)24-4/h5-6,13,16H,7-12,14-15H2,1-4H3/t16-/m0/s1. The molecule has 0 amide bonds. The van der Waals surface area contributed by atoms with Crippen molar-refractivity contribution in [3.05, 3.63) is 23.8 Å². The molecule has 0 aliphatic carbocycles. The molecule has 25 heavy (non-hydrogen) atoms. The minimum absolute atomic E-state index is 0.178. The highest BCUT2D eigenvalue weighted by Crippen LogP contribution is 2.36. The van der Waals surface area contributed by atoms with Crippen LogP contribution in [-0.2, 0) is 4.74 Å². The Bertz CT molecular complexity index is 570. The van der Waals surface area contributed by atoms with Crippen LogP contribution >= 0.6 is 0 Å². The molecule has 2 heterocycles. The molecule has 5 heteroatoms. The summed E-state index contributed by atoms with van der Waals surface area (Å²) in [5, 5.41) is 0. The van der Waals surface area contributed by atoms with Gasteiger partial charge < -0.3 is 19.1 Å². The first kappa shape index (κ1) is 18.5. The SMILES string of the molecule is COc1ccc(OC)c([C@H]2CCN(CC(C)(C)N3CCOCC3)C2)c1. The highest BCUT2D eigenvalue weighted by Gasteiger charge is 2.34. The van der Waals surface area contributed by atoms with Crippen molar-refractivity contribution in [2.24, 2.45) is 0 Å². The molecule has 2 aliphatic heterocycles. The van der Waals surface area contributed by atoms with E-state index in [1.807, 2.05) is 12.1 Å². The zero-order chi connectivity index (χ0) is 17.9. The van der Waals surface area contributed by atoms with Gasteiger partial charge in [0.1, 0.15) is 11.5 Å². The lowest BCUT2D eigenvalue weighted by atomic mass is 9.97. The van der Waals surface area contributed by atoms with E-state index in [9.17, 15) is 0 Å². The first-order chi connectivity index (χ1) is 12.0. The van der Waals surface area contributed by atoms with Gasteiger partial charge in [-0.05, 0) is 45.0 Å². The molecule has 1 aromatic rings. The Morgan fingerprint density at radius 3 is 2.56 bits per heavy atom. The summed E-state index contributed by atoms with van der Waals surface area (Å²) < 4.78 is 16.5. The van der Waals surface area contributed by atoms with E-state index in [2.05, 4.69) is 29.7 Å². The molecule has 2 saturated heterocycles. The summed E-state index contributed by atoms with van der Waals surface area (Å²) >= 11 is 0. The van der Waals surface area contributed by atoms with Crippen LogP contribution in [0.3, 0.4) is 0 Å². The number of nitrogens with zero attached hydrogens (tertiary/aromatic N) is 2. The van der Waals surface area contributed by atoms with Crippen LogP contribution in [0.15, 0.2) is 18.2 Å². The van der Waals surface area contributed by atoms with Gasteiger partial charge in [0.05, 0.1) is 27.4 Å². The third-order valence-electron chi connectivity index (χ3n) is 5.63. The van der Waals surface area contributed by atoms with E-state index in [-0.39, 0.29) is 5.54 Å². The minimum atomic E-state index is 0.178. The van der Waals surface area contributed by atoms with E-state index in [1.54, 1.807) is 14.2 Å². The third kappa shape index (κ3) is 4.27. The van der Waals surface area contributed by atoms with Gasteiger partial charge in [-0.2, -0.15) is 0 Å². The van der Waals surface area contributed by atoms with E-state index in [4.69, 9.17) is 14.2 Å².